The number of para-hydroxylation sites is 2. The SMILES string of the molecule is CCc1ccc(OCCCCn2c(CCNC(=O)c3ccc(Cl)cc3)nc3ccccc32)cc1. The molecule has 0 unspecified atom stereocenters. The molecular formula is C28H30ClN3O2. The van der Waals surface area contributed by atoms with Crippen molar-refractivity contribution < 1.29 is 9.53 Å². The predicted octanol–water partition coefficient (Wildman–Crippen LogP) is 6.08. The predicted molar refractivity (Wildman–Crippen MR) is 138 cm³/mol. The van der Waals surface area contributed by atoms with E-state index in [9.17, 15) is 4.79 Å². The number of carbonyl (C=O) groups excluding carboxylic acids is 1. The van der Waals surface area contributed by atoms with E-state index in [0.717, 1.165) is 48.4 Å². The molecule has 0 fully saturated rings. The number of hydrogen-bond donors (Lipinski definition) is 1. The normalized spacial score (nSPS) is 11.0. The summed E-state index contributed by atoms with van der Waals surface area (Å²) in [7, 11) is 0. The van der Waals surface area contributed by atoms with Gasteiger partial charge in [0.1, 0.15) is 11.6 Å². The highest BCUT2D eigenvalue weighted by molar-refractivity contribution is 6.30. The molecule has 34 heavy (non-hydrogen) atoms. The number of imidazole rings is 1. The van der Waals surface area contributed by atoms with E-state index >= 15 is 0 Å². The Balaban J connectivity index is 1.31. The summed E-state index contributed by atoms with van der Waals surface area (Å²) in [6.07, 6.45) is 3.63. The van der Waals surface area contributed by atoms with E-state index < -0.39 is 0 Å². The molecule has 0 radical (unpaired) electrons. The van der Waals surface area contributed by atoms with Crippen molar-refractivity contribution in [2.24, 2.45) is 0 Å². The molecule has 0 saturated carbocycles. The van der Waals surface area contributed by atoms with Crippen LogP contribution in [0.5, 0.6) is 5.75 Å². The zero-order valence-corrected chi connectivity index (χ0v) is 20.2. The molecule has 5 nitrogen and oxygen atoms in total. The Kier molecular flexibility index (Phi) is 8.21. The number of fused-ring (bicyclic) bond motifs is 1. The molecule has 0 saturated heterocycles. The second kappa shape index (κ2) is 11.7. The van der Waals surface area contributed by atoms with Gasteiger partial charge in [0.05, 0.1) is 17.6 Å². The molecule has 0 aliphatic rings. The first-order valence-corrected chi connectivity index (χ1v) is 12.2. The van der Waals surface area contributed by atoms with E-state index in [0.29, 0.717) is 30.2 Å². The summed E-state index contributed by atoms with van der Waals surface area (Å²) < 4.78 is 8.17. The monoisotopic (exact) mass is 475 g/mol. The maximum Gasteiger partial charge on any atom is 0.251 e. The van der Waals surface area contributed by atoms with E-state index in [1.54, 1.807) is 24.3 Å². The van der Waals surface area contributed by atoms with Crippen LogP contribution in [0.1, 0.15) is 41.5 Å². The van der Waals surface area contributed by atoms with Crippen molar-refractivity contribution in [2.45, 2.75) is 39.2 Å². The van der Waals surface area contributed by atoms with Crippen LogP contribution >= 0.6 is 11.6 Å². The van der Waals surface area contributed by atoms with Crippen LogP contribution < -0.4 is 10.1 Å². The molecule has 1 N–H and O–H groups in total. The minimum Gasteiger partial charge on any atom is -0.494 e. The Morgan fingerprint density at radius 1 is 1.00 bits per heavy atom. The first kappa shape index (κ1) is 23.8. The van der Waals surface area contributed by atoms with Crippen LogP contribution in [0.2, 0.25) is 5.02 Å². The van der Waals surface area contributed by atoms with Crippen LogP contribution in [-0.2, 0) is 19.4 Å². The molecule has 0 bridgehead atoms. The minimum atomic E-state index is -0.108. The van der Waals surface area contributed by atoms with Gasteiger partial charge in [0, 0.05) is 30.1 Å². The maximum atomic E-state index is 12.4. The van der Waals surface area contributed by atoms with Gasteiger partial charge in [-0.05, 0) is 73.4 Å². The number of aromatic nitrogens is 2. The number of hydrogen-bond acceptors (Lipinski definition) is 3. The maximum absolute atomic E-state index is 12.4. The van der Waals surface area contributed by atoms with Crippen LogP contribution in [-0.4, -0.2) is 28.6 Å². The van der Waals surface area contributed by atoms with Gasteiger partial charge in [-0.1, -0.05) is 42.8 Å². The first-order valence-electron chi connectivity index (χ1n) is 11.8. The van der Waals surface area contributed by atoms with E-state index in [4.69, 9.17) is 21.3 Å². The lowest BCUT2D eigenvalue weighted by Crippen LogP contribution is -2.26. The minimum absolute atomic E-state index is 0.108. The molecule has 1 aromatic heterocycles. The number of rotatable bonds is 11. The van der Waals surface area contributed by atoms with Crippen molar-refractivity contribution in [1.29, 1.82) is 0 Å². The van der Waals surface area contributed by atoms with Gasteiger partial charge in [-0.2, -0.15) is 0 Å². The molecule has 0 aliphatic heterocycles. The van der Waals surface area contributed by atoms with Crippen molar-refractivity contribution in [3.8, 4) is 5.75 Å². The molecule has 0 atom stereocenters. The van der Waals surface area contributed by atoms with Gasteiger partial charge in [0.25, 0.3) is 5.91 Å². The van der Waals surface area contributed by atoms with E-state index in [-0.39, 0.29) is 5.91 Å². The molecule has 6 heteroatoms. The Labute approximate surface area is 205 Å². The Morgan fingerprint density at radius 2 is 1.76 bits per heavy atom. The van der Waals surface area contributed by atoms with Crippen LogP contribution in [0.4, 0.5) is 0 Å². The molecule has 3 aromatic carbocycles. The number of nitrogens with zero attached hydrogens (tertiary/aromatic N) is 2. The average molecular weight is 476 g/mol. The highest BCUT2D eigenvalue weighted by atomic mass is 35.5. The van der Waals surface area contributed by atoms with Crippen molar-refractivity contribution in [2.75, 3.05) is 13.2 Å². The fourth-order valence-electron chi connectivity index (χ4n) is 3.94. The number of carbonyl (C=O) groups is 1. The summed E-state index contributed by atoms with van der Waals surface area (Å²) in [5.41, 5.74) is 4.02. The van der Waals surface area contributed by atoms with Gasteiger partial charge >= 0.3 is 0 Å². The summed E-state index contributed by atoms with van der Waals surface area (Å²) in [6.45, 7) is 4.21. The lowest BCUT2D eigenvalue weighted by atomic mass is 10.2. The third-order valence-corrected chi connectivity index (χ3v) is 6.10. The molecule has 1 heterocycles. The van der Waals surface area contributed by atoms with Gasteiger partial charge in [0.2, 0.25) is 0 Å². The summed E-state index contributed by atoms with van der Waals surface area (Å²) in [5, 5.41) is 3.60. The fraction of sp³-hybridized carbons (Fsp3) is 0.286. The number of benzene rings is 3. The summed E-state index contributed by atoms with van der Waals surface area (Å²) in [5.74, 6) is 1.79. The highest BCUT2D eigenvalue weighted by Gasteiger charge is 2.11. The topological polar surface area (TPSA) is 56.1 Å². The molecule has 4 aromatic rings. The molecule has 176 valence electrons. The van der Waals surface area contributed by atoms with Crippen molar-refractivity contribution in [1.82, 2.24) is 14.9 Å². The number of nitrogens with one attached hydrogen (secondary N) is 1. The van der Waals surface area contributed by atoms with E-state index in [1.165, 1.54) is 5.56 Å². The van der Waals surface area contributed by atoms with Crippen LogP contribution in [0.15, 0.2) is 72.8 Å². The first-order chi connectivity index (χ1) is 16.6. The quantitative estimate of drug-likeness (QED) is 0.267. The summed E-state index contributed by atoms with van der Waals surface area (Å²) in [6, 6.07) is 23.4. The lowest BCUT2D eigenvalue weighted by Gasteiger charge is -2.11. The third kappa shape index (κ3) is 6.17. The van der Waals surface area contributed by atoms with E-state index in [2.05, 4.69) is 35.0 Å². The van der Waals surface area contributed by atoms with Crippen molar-refractivity contribution in [3.63, 3.8) is 0 Å². The third-order valence-electron chi connectivity index (χ3n) is 5.85. The molecule has 0 spiro atoms. The molecule has 1 amide bonds. The summed E-state index contributed by atoms with van der Waals surface area (Å²) in [4.78, 5) is 17.2. The van der Waals surface area contributed by atoms with Crippen LogP contribution in [0, 0.1) is 0 Å². The van der Waals surface area contributed by atoms with Crippen molar-refractivity contribution >= 4 is 28.5 Å². The van der Waals surface area contributed by atoms with Crippen molar-refractivity contribution in [3.05, 3.63) is 94.8 Å². The number of halogens is 1. The van der Waals surface area contributed by atoms with Gasteiger partial charge in [-0.3, -0.25) is 4.79 Å². The zero-order chi connectivity index (χ0) is 23.8. The van der Waals surface area contributed by atoms with Gasteiger partial charge < -0.3 is 14.6 Å². The smallest absolute Gasteiger partial charge is 0.251 e. The molecular weight excluding hydrogens is 446 g/mol. The number of ether oxygens (including phenoxy) is 1. The van der Waals surface area contributed by atoms with E-state index in [1.807, 2.05) is 30.3 Å². The second-order valence-corrected chi connectivity index (χ2v) is 8.67. The standard InChI is InChI=1S/C28H30ClN3O2/c1-2-21-9-15-24(16-10-21)34-20-6-5-19-32-26-8-4-3-7-25(26)31-27(32)17-18-30-28(33)22-11-13-23(29)14-12-22/h3-4,7-16H,2,5-6,17-20H2,1H3,(H,30,33). The number of aryl methyl sites for hydroxylation is 2. The number of amides is 1. The Morgan fingerprint density at radius 3 is 2.53 bits per heavy atom. The van der Waals surface area contributed by atoms with Gasteiger partial charge in [-0.15, -0.1) is 0 Å². The molecule has 0 aliphatic carbocycles. The number of unbranched alkanes of at least 4 members (excludes halogenated alkanes) is 1. The summed E-state index contributed by atoms with van der Waals surface area (Å²) >= 11 is 5.91. The Bertz CT molecular complexity index is 1220. The highest BCUT2D eigenvalue weighted by Crippen LogP contribution is 2.18. The zero-order valence-electron chi connectivity index (χ0n) is 19.5. The average Bonchev–Trinajstić information content (AvgIpc) is 3.22. The van der Waals surface area contributed by atoms with Gasteiger partial charge in [-0.25, -0.2) is 4.98 Å². The van der Waals surface area contributed by atoms with Crippen LogP contribution in [0.25, 0.3) is 11.0 Å². The van der Waals surface area contributed by atoms with Gasteiger partial charge in [0.15, 0.2) is 0 Å². The largest absolute Gasteiger partial charge is 0.494 e. The lowest BCUT2D eigenvalue weighted by molar-refractivity contribution is 0.0954. The fourth-order valence-corrected chi connectivity index (χ4v) is 4.07. The second-order valence-electron chi connectivity index (χ2n) is 8.23. The van der Waals surface area contributed by atoms with Crippen LogP contribution in [0.3, 0.4) is 0 Å². The molecule has 4 rings (SSSR count). The Hall–Kier alpha value is -3.31.